The van der Waals surface area contributed by atoms with Gasteiger partial charge < -0.3 is 10.2 Å². The van der Waals surface area contributed by atoms with Crippen molar-refractivity contribution >= 4 is 11.4 Å². The summed E-state index contributed by atoms with van der Waals surface area (Å²) in [5.74, 6) is 7.34. The van der Waals surface area contributed by atoms with Crippen LogP contribution in [0.2, 0.25) is 0 Å². The van der Waals surface area contributed by atoms with Crippen LogP contribution >= 0.6 is 0 Å². The summed E-state index contributed by atoms with van der Waals surface area (Å²) in [6, 6.07) is 0. The summed E-state index contributed by atoms with van der Waals surface area (Å²) >= 11 is 0. The third-order valence-corrected chi connectivity index (χ3v) is 17.9. The second kappa shape index (κ2) is 10.4. The van der Waals surface area contributed by atoms with E-state index in [2.05, 4.69) is 41.5 Å². The molecule has 246 valence electrons. The molecule has 0 aliphatic heterocycles. The summed E-state index contributed by atoms with van der Waals surface area (Å²) in [7, 11) is 0. The van der Waals surface area contributed by atoms with Crippen molar-refractivity contribution in [1.82, 2.24) is 0 Å². The van der Waals surface area contributed by atoms with Gasteiger partial charge in [-0.1, -0.05) is 41.5 Å². The molecule has 8 aliphatic carbocycles. The molecule has 0 unspecified atom stereocenters. The Labute approximate surface area is 268 Å². The summed E-state index contributed by atoms with van der Waals surface area (Å²) in [4.78, 5) is 0. The number of nitrogens with zero attached hydrogens (tertiary/aromatic N) is 2. The van der Waals surface area contributed by atoms with E-state index in [1.165, 1.54) is 88.5 Å². The number of hydrogen-bond acceptors (Lipinski definition) is 4. The average Bonchev–Trinajstić information content (AvgIpc) is 3.46. The second-order valence-electron chi connectivity index (χ2n) is 19.4. The maximum absolute atomic E-state index is 10.9. The molecule has 16 atom stereocenters. The van der Waals surface area contributed by atoms with E-state index < -0.39 is 0 Å². The number of hydrogen-bond donors (Lipinski definition) is 2. The zero-order chi connectivity index (χ0) is 30.8. The highest BCUT2D eigenvalue weighted by Crippen LogP contribution is 2.68. The summed E-state index contributed by atoms with van der Waals surface area (Å²) in [6.45, 7) is 15.1. The Morgan fingerprint density at radius 1 is 0.500 bits per heavy atom. The lowest BCUT2D eigenvalue weighted by atomic mass is 9.44. The normalized spacial score (nSPS) is 60.2. The molecule has 0 bridgehead atoms. The Balaban J connectivity index is 0.970. The van der Waals surface area contributed by atoms with Crippen LogP contribution in [-0.4, -0.2) is 33.8 Å². The predicted molar refractivity (Wildman–Crippen MR) is 179 cm³/mol. The van der Waals surface area contributed by atoms with Crippen LogP contribution in [0.15, 0.2) is 10.2 Å². The standard InChI is InChI=1S/C40H64N2O2/c1-23-21-39(5)25(7-9-27-29-11-13-35(43)37(29,3)17-15-31(27)39)19-33(23)41-42-34-20-26-8-10-28-30-12-14-36(44)38(30,4)18-16-32(28)40(26,6)22-24(34)2/h23-32,35-36,43-44H,7-22H2,1-6H3/b41-33-,42-34+/t23-,24+,25-,26+,27+,28-,29+,30+,31+,32+,35+,36+,37+,38+,39+,40+/m1/s1. The van der Waals surface area contributed by atoms with Crippen LogP contribution in [0.25, 0.3) is 0 Å². The van der Waals surface area contributed by atoms with Crippen molar-refractivity contribution in [2.24, 2.45) is 91.0 Å². The number of aliphatic hydroxyl groups excluding tert-OH is 2. The minimum Gasteiger partial charge on any atom is -0.393 e. The van der Waals surface area contributed by atoms with Crippen molar-refractivity contribution in [3.05, 3.63) is 0 Å². The first-order valence-corrected chi connectivity index (χ1v) is 19.4. The Hall–Kier alpha value is -0.740. The molecular formula is C40H64N2O2. The van der Waals surface area contributed by atoms with E-state index in [9.17, 15) is 10.2 Å². The topological polar surface area (TPSA) is 65.2 Å². The molecule has 8 fully saturated rings. The highest BCUT2D eigenvalue weighted by Gasteiger charge is 2.62. The van der Waals surface area contributed by atoms with E-state index in [0.717, 1.165) is 73.0 Å². The third kappa shape index (κ3) is 4.20. The molecule has 0 aromatic carbocycles. The van der Waals surface area contributed by atoms with E-state index in [1.807, 2.05) is 0 Å². The molecule has 0 aromatic rings. The van der Waals surface area contributed by atoms with Crippen molar-refractivity contribution in [2.75, 3.05) is 0 Å². The number of rotatable bonds is 1. The zero-order valence-corrected chi connectivity index (χ0v) is 29.0. The Morgan fingerprint density at radius 2 is 0.886 bits per heavy atom. The maximum Gasteiger partial charge on any atom is 0.0596 e. The molecule has 0 radical (unpaired) electrons. The molecule has 0 aromatic heterocycles. The maximum atomic E-state index is 10.9. The quantitative estimate of drug-likeness (QED) is 0.293. The summed E-state index contributed by atoms with van der Waals surface area (Å²) < 4.78 is 0. The predicted octanol–water partition coefficient (Wildman–Crippen LogP) is 9.08. The SMILES string of the molecule is C[C@@H]1C[C@@]2(C)[C@H](CC[C@@H]3[C@@H]2CC[C@]2(C)[C@@H](O)CC[C@@H]32)C/C1=N/N=C1\C[C@@H]2CC[C@H]3[C@H](CC[C@]4(C)[C@@H](O)CC[C@@H]34)[C@@]2(C)C[C@@H]1C. The average molecular weight is 605 g/mol. The van der Waals surface area contributed by atoms with Crippen LogP contribution in [0.3, 0.4) is 0 Å². The molecule has 0 saturated heterocycles. The highest BCUT2D eigenvalue weighted by molar-refractivity contribution is 5.91. The first-order valence-electron chi connectivity index (χ1n) is 19.4. The van der Waals surface area contributed by atoms with Gasteiger partial charge in [-0.2, -0.15) is 10.2 Å². The van der Waals surface area contributed by atoms with Crippen molar-refractivity contribution in [3.63, 3.8) is 0 Å². The Bertz CT molecular complexity index is 1120. The van der Waals surface area contributed by atoms with Gasteiger partial charge in [0.05, 0.1) is 12.2 Å². The van der Waals surface area contributed by atoms with Crippen molar-refractivity contribution in [2.45, 2.75) is 156 Å². The lowest BCUT2D eigenvalue weighted by Crippen LogP contribution is -2.55. The van der Waals surface area contributed by atoms with Crippen LogP contribution in [0.4, 0.5) is 0 Å². The van der Waals surface area contributed by atoms with E-state index in [-0.39, 0.29) is 23.0 Å². The molecule has 44 heavy (non-hydrogen) atoms. The molecule has 2 N–H and O–H groups in total. The smallest absolute Gasteiger partial charge is 0.0596 e. The Kier molecular flexibility index (Phi) is 7.21. The van der Waals surface area contributed by atoms with Crippen LogP contribution in [-0.2, 0) is 0 Å². The molecule has 4 nitrogen and oxygen atoms in total. The lowest BCUT2D eigenvalue weighted by Gasteiger charge is -2.61. The molecule has 0 spiro atoms. The number of fused-ring (bicyclic) bond motifs is 10. The van der Waals surface area contributed by atoms with Gasteiger partial charge in [-0.3, -0.25) is 0 Å². The van der Waals surface area contributed by atoms with Crippen LogP contribution in [0.5, 0.6) is 0 Å². The Morgan fingerprint density at radius 3 is 1.30 bits per heavy atom. The van der Waals surface area contributed by atoms with Gasteiger partial charge >= 0.3 is 0 Å². The molecular weight excluding hydrogens is 540 g/mol. The van der Waals surface area contributed by atoms with Gasteiger partial charge in [0, 0.05) is 11.4 Å². The van der Waals surface area contributed by atoms with Crippen LogP contribution in [0, 0.1) is 80.8 Å². The monoisotopic (exact) mass is 604 g/mol. The molecule has 8 rings (SSSR count). The van der Waals surface area contributed by atoms with Gasteiger partial charge in [0.15, 0.2) is 0 Å². The minimum atomic E-state index is -0.0722. The second-order valence-corrected chi connectivity index (χ2v) is 19.4. The van der Waals surface area contributed by atoms with Crippen LogP contribution < -0.4 is 0 Å². The van der Waals surface area contributed by atoms with Crippen molar-refractivity contribution < 1.29 is 10.2 Å². The van der Waals surface area contributed by atoms with Crippen LogP contribution in [0.1, 0.15) is 144 Å². The van der Waals surface area contributed by atoms with E-state index in [4.69, 9.17) is 10.2 Å². The molecule has 0 heterocycles. The molecule has 8 saturated carbocycles. The summed E-state index contributed by atoms with van der Waals surface area (Å²) in [6.07, 6.45) is 19.8. The first kappa shape index (κ1) is 30.6. The fourth-order valence-corrected chi connectivity index (χ4v) is 15.2. The number of aliphatic hydroxyl groups is 2. The molecule has 4 heteroatoms. The largest absolute Gasteiger partial charge is 0.393 e. The summed E-state index contributed by atoms with van der Waals surface area (Å²) in [5, 5.41) is 32.1. The van der Waals surface area contributed by atoms with E-state index in [1.54, 1.807) is 0 Å². The lowest BCUT2D eigenvalue weighted by molar-refractivity contribution is -0.116. The van der Waals surface area contributed by atoms with Gasteiger partial charge in [0.25, 0.3) is 0 Å². The minimum absolute atomic E-state index is 0.0722. The fourth-order valence-electron chi connectivity index (χ4n) is 15.2. The van der Waals surface area contributed by atoms with E-state index >= 15 is 0 Å². The van der Waals surface area contributed by atoms with Gasteiger partial charge in [-0.05, 0) is 184 Å². The van der Waals surface area contributed by atoms with Gasteiger partial charge in [-0.25, -0.2) is 0 Å². The highest BCUT2D eigenvalue weighted by atomic mass is 16.3. The van der Waals surface area contributed by atoms with E-state index in [0.29, 0.717) is 22.7 Å². The van der Waals surface area contributed by atoms with Crippen molar-refractivity contribution in [3.8, 4) is 0 Å². The summed E-state index contributed by atoms with van der Waals surface area (Å²) in [5.41, 5.74) is 3.99. The van der Waals surface area contributed by atoms with Gasteiger partial charge in [0.2, 0.25) is 0 Å². The van der Waals surface area contributed by atoms with Gasteiger partial charge in [-0.15, -0.1) is 0 Å². The molecule has 8 aliphatic rings. The fraction of sp³-hybridized carbons (Fsp3) is 0.950. The van der Waals surface area contributed by atoms with Crippen molar-refractivity contribution in [1.29, 1.82) is 0 Å². The first-order chi connectivity index (χ1) is 20.9. The third-order valence-electron chi connectivity index (χ3n) is 17.9. The molecule has 0 amide bonds. The zero-order valence-electron chi connectivity index (χ0n) is 29.0. The van der Waals surface area contributed by atoms with Gasteiger partial charge in [0.1, 0.15) is 0 Å².